The fourth-order valence-corrected chi connectivity index (χ4v) is 0. The molecule has 9 heavy (non-hydrogen) atoms. The van der Waals surface area contributed by atoms with Crippen molar-refractivity contribution in [2.75, 3.05) is 0 Å². The van der Waals surface area contributed by atoms with Crippen LogP contribution in [0.1, 0.15) is 30.5 Å². The van der Waals surface area contributed by atoms with Crippen molar-refractivity contribution in [3.63, 3.8) is 0 Å². The summed E-state index contributed by atoms with van der Waals surface area (Å²) in [6.45, 7) is 6.89. The third kappa shape index (κ3) is 825. The van der Waals surface area contributed by atoms with E-state index in [9.17, 15) is 0 Å². The molecule has 56 valence electrons. The summed E-state index contributed by atoms with van der Waals surface area (Å²) < 4.78 is 0. The summed E-state index contributed by atoms with van der Waals surface area (Å²) in [6, 6.07) is 0. The second-order valence-electron chi connectivity index (χ2n) is 2.19. The van der Waals surface area contributed by atoms with Crippen molar-refractivity contribution in [3.8, 4) is 0 Å². The van der Waals surface area contributed by atoms with Gasteiger partial charge in [0, 0.05) is 12.2 Å². The largest absolute Gasteiger partial charge is 2.00 e. The second kappa shape index (κ2) is 11.5. The van der Waals surface area contributed by atoms with E-state index < -0.39 is 0 Å². The van der Waals surface area contributed by atoms with E-state index in [-0.39, 0.29) is 38.1 Å². The van der Waals surface area contributed by atoms with E-state index in [2.05, 4.69) is 0 Å². The Labute approximate surface area is 76.4 Å². The molecule has 0 aromatic carbocycles. The Morgan fingerprint density at radius 1 is 0.889 bits per heavy atom. The predicted octanol–water partition coefficient (Wildman–Crippen LogP) is 0.618. The molecule has 2 nitrogen and oxygen atoms in total. The average Bonchev–Trinajstić information content (AvgIpc) is 1.25. The van der Waals surface area contributed by atoms with E-state index in [1.165, 1.54) is 0 Å². The van der Waals surface area contributed by atoms with E-state index in [4.69, 9.17) is 10.2 Å². The van der Waals surface area contributed by atoms with Crippen molar-refractivity contribution in [1.29, 1.82) is 0 Å². The van der Waals surface area contributed by atoms with Gasteiger partial charge in [-0.3, -0.25) is 0 Å². The SMILES string of the molecule is CC(C)O.CC(C)O.[H-].[H-].[Mg+2]. The molecule has 0 aromatic heterocycles. The first kappa shape index (κ1) is 16.3. The van der Waals surface area contributed by atoms with Crippen LogP contribution in [-0.4, -0.2) is 45.5 Å². The number of rotatable bonds is 0. The van der Waals surface area contributed by atoms with Gasteiger partial charge in [-0.15, -0.1) is 0 Å². The monoisotopic (exact) mass is 146 g/mol. The van der Waals surface area contributed by atoms with Crippen LogP contribution in [0.5, 0.6) is 0 Å². The molecule has 0 bridgehead atoms. The molecule has 0 amide bonds. The van der Waals surface area contributed by atoms with Gasteiger partial charge in [-0.2, -0.15) is 0 Å². The van der Waals surface area contributed by atoms with Crippen LogP contribution in [0.15, 0.2) is 0 Å². The number of hydrogen-bond donors (Lipinski definition) is 2. The summed E-state index contributed by atoms with van der Waals surface area (Å²) >= 11 is 0. The van der Waals surface area contributed by atoms with Gasteiger partial charge in [-0.05, 0) is 27.7 Å². The minimum Gasteiger partial charge on any atom is -1.00 e. The third-order valence-corrected chi connectivity index (χ3v) is 0. The molecule has 0 fully saturated rings. The predicted molar refractivity (Wildman–Crippen MR) is 42.7 cm³/mol. The first-order valence-electron chi connectivity index (χ1n) is 2.83. The topological polar surface area (TPSA) is 40.5 Å². The van der Waals surface area contributed by atoms with Crippen molar-refractivity contribution in [2.45, 2.75) is 39.9 Å². The fraction of sp³-hybridized carbons (Fsp3) is 1.00. The molecular weight excluding hydrogens is 128 g/mol. The average molecular weight is 147 g/mol. The molecule has 0 unspecified atom stereocenters. The van der Waals surface area contributed by atoms with Gasteiger partial charge in [0.25, 0.3) is 0 Å². The van der Waals surface area contributed by atoms with Gasteiger partial charge in [0.1, 0.15) is 0 Å². The quantitative estimate of drug-likeness (QED) is 0.492. The smallest absolute Gasteiger partial charge is 1.00 e. The maximum Gasteiger partial charge on any atom is 2.00 e. The van der Waals surface area contributed by atoms with Gasteiger partial charge >= 0.3 is 23.1 Å². The maximum atomic E-state index is 8.06. The number of aliphatic hydroxyl groups is 2. The van der Waals surface area contributed by atoms with Crippen molar-refractivity contribution in [2.24, 2.45) is 0 Å². The molecule has 0 saturated heterocycles. The van der Waals surface area contributed by atoms with Crippen molar-refractivity contribution < 1.29 is 13.1 Å². The van der Waals surface area contributed by atoms with Crippen LogP contribution in [0.2, 0.25) is 0 Å². The number of hydrogen-bond acceptors (Lipinski definition) is 2. The van der Waals surface area contributed by atoms with Gasteiger partial charge in [-0.1, -0.05) is 0 Å². The zero-order valence-electron chi connectivity index (χ0n) is 8.76. The first-order valence-corrected chi connectivity index (χ1v) is 2.83. The Bertz CT molecular complexity index is 34.1. The van der Waals surface area contributed by atoms with Gasteiger partial charge in [0.15, 0.2) is 0 Å². The van der Waals surface area contributed by atoms with Crippen LogP contribution < -0.4 is 0 Å². The number of aliphatic hydroxyl groups excluding tert-OH is 2. The van der Waals surface area contributed by atoms with E-state index in [0.717, 1.165) is 0 Å². The molecular formula is C6H18MgO2. The summed E-state index contributed by atoms with van der Waals surface area (Å²) in [5.41, 5.74) is 0. The summed E-state index contributed by atoms with van der Waals surface area (Å²) in [5.74, 6) is 0. The third-order valence-electron chi connectivity index (χ3n) is 0. The minimum absolute atomic E-state index is 0. The molecule has 0 aliphatic heterocycles. The molecule has 0 atom stereocenters. The second-order valence-corrected chi connectivity index (χ2v) is 2.19. The summed E-state index contributed by atoms with van der Waals surface area (Å²) in [4.78, 5) is 0. The van der Waals surface area contributed by atoms with Crippen molar-refractivity contribution >= 4 is 23.1 Å². The Morgan fingerprint density at radius 2 is 0.889 bits per heavy atom. The molecule has 0 rings (SSSR count). The van der Waals surface area contributed by atoms with Crippen LogP contribution >= 0.6 is 0 Å². The van der Waals surface area contributed by atoms with Crippen LogP contribution in [0, 0.1) is 0 Å². The van der Waals surface area contributed by atoms with Crippen LogP contribution in [0.4, 0.5) is 0 Å². The van der Waals surface area contributed by atoms with Crippen molar-refractivity contribution in [3.05, 3.63) is 0 Å². The molecule has 2 N–H and O–H groups in total. The van der Waals surface area contributed by atoms with Crippen LogP contribution in [-0.2, 0) is 0 Å². The normalized spacial score (nSPS) is 8.00. The molecule has 0 saturated carbocycles. The molecule has 0 heterocycles. The Balaban J connectivity index is -0.0000000171. The van der Waals surface area contributed by atoms with E-state index in [1.54, 1.807) is 27.7 Å². The standard InChI is InChI=1S/2C3H8O.Mg.2H/c2*1-3(2)4;;;/h2*3-4H,1-2H3;;;/q;;+2;2*-1. The molecule has 0 aliphatic rings. The summed E-state index contributed by atoms with van der Waals surface area (Å²) in [7, 11) is 0. The molecule has 0 aromatic rings. The van der Waals surface area contributed by atoms with Gasteiger partial charge in [-0.25, -0.2) is 0 Å². The molecule has 3 heteroatoms. The Kier molecular flexibility index (Phi) is 20.9. The van der Waals surface area contributed by atoms with Crippen molar-refractivity contribution in [1.82, 2.24) is 0 Å². The van der Waals surface area contributed by atoms with E-state index in [1.807, 2.05) is 0 Å². The van der Waals surface area contributed by atoms with Gasteiger partial charge < -0.3 is 13.1 Å². The minimum atomic E-state index is -0.167. The zero-order chi connectivity index (χ0) is 7.15. The first-order chi connectivity index (χ1) is 3.46. The molecule has 0 aliphatic carbocycles. The van der Waals surface area contributed by atoms with Crippen LogP contribution in [0.25, 0.3) is 0 Å². The Hall–Kier alpha value is 0.686. The van der Waals surface area contributed by atoms with E-state index >= 15 is 0 Å². The summed E-state index contributed by atoms with van der Waals surface area (Å²) in [6.07, 6.45) is -0.333. The Morgan fingerprint density at radius 3 is 0.889 bits per heavy atom. The fourth-order valence-electron chi connectivity index (χ4n) is 0. The van der Waals surface area contributed by atoms with Crippen LogP contribution in [0.3, 0.4) is 0 Å². The summed E-state index contributed by atoms with van der Waals surface area (Å²) in [5, 5.41) is 16.1. The maximum absolute atomic E-state index is 8.06. The van der Waals surface area contributed by atoms with Gasteiger partial charge in [0.05, 0.1) is 0 Å². The van der Waals surface area contributed by atoms with E-state index in [0.29, 0.717) is 0 Å². The molecule has 0 spiro atoms. The zero-order valence-corrected chi connectivity index (χ0v) is 8.17. The molecule has 0 radical (unpaired) electrons. The van der Waals surface area contributed by atoms with Gasteiger partial charge in [0.2, 0.25) is 0 Å².